The molecule has 0 bridgehead atoms. The van der Waals surface area contributed by atoms with Crippen molar-refractivity contribution in [3.63, 3.8) is 0 Å². The summed E-state index contributed by atoms with van der Waals surface area (Å²) in [4.78, 5) is 70.7. The highest BCUT2D eigenvalue weighted by Crippen LogP contribution is 2.19. The van der Waals surface area contributed by atoms with E-state index in [0.29, 0.717) is 6.42 Å². The van der Waals surface area contributed by atoms with Crippen LogP contribution in [0.4, 0.5) is 0 Å². The van der Waals surface area contributed by atoms with E-state index in [2.05, 4.69) is 5.32 Å². The molecule has 0 aromatic rings. The van der Waals surface area contributed by atoms with E-state index in [1.807, 2.05) is 5.32 Å². The smallest absolute Gasteiger partial charge is 0.322 e. The number of rotatable bonds is 11. The Hall–Kier alpha value is -3.22. The Labute approximate surface area is 165 Å². The van der Waals surface area contributed by atoms with Gasteiger partial charge in [-0.25, -0.2) is 0 Å². The molecule has 0 radical (unpaired) electrons. The molecule has 1 aliphatic rings. The van der Waals surface area contributed by atoms with E-state index < -0.39 is 66.7 Å². The van der Waals surface area contributed by atoms with Gasteiger partial charge in [0, 0.05) is 13.0 Å². The molecule has 1 saturated heterocycles. The van der Waals surface area contributed by atoms with E-state index in [4.69, 9.17) is 21.7 Å². The average Bonchev–Trinajstić information content (AvgIpc) is 3.12. The fourth-order valence-electron chi connectivity index (χ4n) is 2.88. The lowest BCUT2D eigenvalue weighted by Crippen LogP contribution is -2.56. The summed E-state index contributed by atoms with van der Waals surface area (Å²) in [5.41, 5.74) is 10.8. The maximum atomic E-state index is 12.6. The summed E-state index contributed by atoms with van der Waals surface area (Å²) in [6.45, 7) is -0.486. The molecule has 0 spiro atoms. The first kappa shape index (κ1) is 23.8. The number of carboxylic acids is 2. The molecule has 1 aliphatic heterocycles. The second-order valence-corrected chi connectivity index (χ2v) is 6.57. The number of nitrogens with one attached hydrogen (secondary N) is 2. The van der Waals surface area contributed by atoms with Crippen molar-refractivity contribution >= 4 is 35.6 Å². The lowest BCUT2D eigenvalue weighted by molar-refractivity contribution is -0.142. The molecular formula is C16H25N5O8. The van der Waals surface area contributed by atoms with Crippen molar-refractivity contribution in [2.45, 2.75) is 50.2 Å². The van der Waals surface area contributed by atoms with E-state index in [-0.39, 0.29) is 25.8 Å². The Balaban J connectivity index is 2.80. The fraction of sp³-hybridized carbons (Fsp3) is 0.625. The molecule has 3 unspecified atom stereocenters. The molecule has 0 aromatic heterocycles. The van der Waals surface area contributed by atoms with Gasteiger partial charge in [-0.05, 0) is 19.3 Å². The molecule has 3 atom stereocenters. The molecule has 13 heteroatoms. The van der Waals surface area contributed by atoms with Gasteiger partial charge in [-0.1, -0.05) is 0 Å². The van der Waals surface area contributed by atoms with Crippen LogP contribution in [0.5, 0.6) is 0 Å². The van der Waals surface area contributed by atoms with Gasteiger partial charge in [0.25, 0.3) is 0 Å². The first-order valence-corrected chi connectivity index (χ1v) is 8.89. The SMILES string of the molecule is NC(=O)CC(NC(=O)C1CCCN1C(=O)C(N)CCC(=O)O)C(=O)NCC(=O)O. The second-order valence-electron chi connectivity index (χ2n) is 6.57. The number of primary amides is 1. The average molecular weight is 415 g/mol. The summed E-state index contributed by atoms with van der Waals surface area (Å²) < 4.78 is 0. The molecule has 0 saturated carbocycles. The zero-order valence-corrected chi connectivity index (χ0v) is 15.6. The lowest BCUT2D eigenvalue weighted by atomic mass is 10.1. The van der Waals surface area contributed by atoms with Crippen LogP contribution in [-0.2, 0) is 28.8 Å². The van der Waals surface area contributed by atoms with Crippen LogP contribution in [0.1, 0.15) is 32.1 Å². The number of nitrogens with two attached hydrogens (primary N) is 2. The maximum absolute atomic E-state index is 12.6. The van der Waals surface area contributed by atoms with E-state index in [9.17, 15) is 28.8 Å². The predicted molar refractivity (Wildman–Crippen MR) is 96.0 cm³/mol. The zero-order valence-electron chi connectivity index (χ0n) is 15.6. The highest BCUT2D eigenvalue weighted by Gasteiger charge is 2.37. The van der Waals surface area contributed by atoms with Gasteiger partial charge >= 0.3 is 11.9 Å². The minimum Gasteiger partial charge on any atom is -0.481 e. The number of aliphatic carboxylic acids is 2. The number of carbonyl (C=O) groups excluding carboxylic acids is 4. The number of hydrogen-bond donors (Lipinski definition) is 6. The number of amides is 4. The predicted octanol–water partition coefficient (Wildman–Crippen LogP) is -3.27. The summed E-state index contributed by atoms with van der Waals surface area (Å²) in [6.07, 6.45) is -0.191. The van der Waals surface area contributed by atoms with Crippen molar-refractivity contribution in [1.29, 1.82) is 0 Å². The van der Waals surface area contributed by atoms with E-state index >= 15 is 0 Å². The van der Waals surface area contributed by atoms with Crippen LogP contribution in [0.3, 0.4) is 0 Å². The topological polar surface area (TPSA) is 222 Å². The van der Waals surface area contributed by atoms with Crippen molar-refractivity contribution in [3.8, 4) is 0 Å². The van der Waals surface area contributed by atoms with Crippen molar-refractivity contribution in [3.05, 3.63) is 0 Å². The van der Waals surface area contributed by atoms with Crippen LogP contribution < -0.4 is 22.1 Å². The Kier molecular flexibility index (Phi) is 8.99. The number of nitrogens with zero attached hydrogens (tertiary/aromatic N) is 1. The van der Waals surface area contributed by atoms with Gasteiger partial charge in [-0.2, -0.15) is 0 Å². The lowest BCUT2D eigenvalue weighted by Gasteiger charge is -2.28. The molecule has 8 N–H and O–H groups in total. The summed E-state index contributed by atoms with van der Waals surface area (Å²) in [5.74, 6) is -5.54. The van der Waals surface area contributed by atoms with E-state index in [1.54, 1.807) is 0 Å². The number of likely N-dealkylation sites (tertiary alicyclic amines) is 1. The van der Waals surface area contributed by atoms with Gasteiger partial charge in [0.1, 0.15) is 18.6 Å². The minimum absolute atomic E-state index is 0.0963. The maximum Gasteiger partial charge on any atom is 0.322 e. The highest BCUT2D eigenvalue weighted by atomic mass is 16.4. The molecule has 1 fully saturated rings. The Morgan fingerprint density at radius 2 is 1.76 bits per heavy atom. The van der Waals surface area contributed by atoms with Gasteiger partial charge in [-0.15, -0.1) is 0 Å². The normalized spacial score (nSPS) is 17.8. The van der Waals surface area contributed by atoms with Crippen LogP contribution >= 0.6 is 0 Å². The molecule has 13 nitrogen and oxygen atoms in total. The molecule has 29 heavy (non-hydrogen) atoms. The second kappa shape index (κ2) is 10.9. The number of carbonyl (C=O) groups is 6. The summed E-state index contributed by atoms with van der Waals surface area (Å²) >= 11 is 0. The largest absolute Gasteiger partial charge is 0.481 e. The van der Waals surface area contributed by atoms with Gasteiger partial charge < -0.3 is 37.2 Å². The molecule has 1 rings (SSSR count). The minimum atomic E-state index is -1.41. The molecule has 0 aromatic carbocycles. The quantitative estimate of drug-likeness (QED) is 0.199. The van der Waals surface area contributed by atoms with Crippen LogP contribution in [-0.4, -0.2) is 81.9 Å². The van der Waals surface area contributed by atoms with Gasteiger partial charge in [-0.3, -0.25) is 28.8 Å². The molecular weight excluding hydrogens is 390 g/mol. The van der Waals surface area contributed by atoms with Crippen molar-refractivity contribution in [2.24, 2.45) is 11.5 Å². The first-order valence-electron chi connectivity index (χ1n) is 8.89. The highest BCUT2D eigenvalue weighted by molar-refractivity contribution is 5.96. The third-order valence-electron chi connectivity index (χ3n) is 4.28. The van der Waals surface area contributed by atoms with Crippen molar-refractivity contribution in [2.75, 3.05) is 13.1 Å². The number of carboxylic acid groups (broad SMARTS) is 2. The van der Waals surface area contributed by atoms with Crippen LogP contribution in [0.15, 0.2) is 0 Å². The van der Waals surface area contributed by atoms with E-state index in [1.165, 1.54) is 4.90 Å². The van der Waals surface area contributed by atoms with E-state index in [0.717, 1.165) is 0 Å². The monoisotopic (exact) mass is 415 g/mol. The molecule has 162 valence electrons. The van der Waals surface area contributed by atoms with Crippen LogP contribution in [0.25, 0.3) is 0 Å². The van der Waals surface area contributed by atoms with Crippen molar-refractivity contribution < 1.29 is 39.0 Å². The summed E-state index contributed by atoms with van der Waals surface area (Å²) in [5, 5.41) is 21.7. The summed E-state index contributed by atoms with van der Waals surface area (Å²) in [7, 11) is 0. The number of hydrogen-bond acceptors (Lipinski definition) is 7. The van der Waals surface area contributed by atoms with Gasteiger partial charge in [0.2, 0.25) is 23.6 Å². The summed E-state index contributed by atoms with van der Waals surface area (Å²) in [6, 6.07) is -3.46. The van der Waals surface area contributed by atoms with Gasteiger partial charge in [0.05, 0.1) is 12.5 Å². The third-order valence-corrected chi connectivity index (χ3v) is 4.28. The first-order chi connectivity index (χ1) is 13.5. The van der Waals surface area contributed by atoms with Crippen LogP contribution in [0.2, 0.25) is 0 Å². The van der Waals surface area contributed by atoms with Crippen LogP contribution in [0, 0.1) is 0 Å². The Morgan fingerprint density at radius 3 is 2.31 bits per heavy atom. The van der Waals surface area contributed by atoms with Crippen molar-refractivity contribution in [1.82, 2.24) is 15.5 Å². The molecule has 4 amide bonds. The van der Waals surface area contributed by atoms with Gasteiger partial charge in [0.15, 0.2) is 0 Å². The molecule has 1 heterocycles. The Bertz CT molecular complexity index is 682. The Morgan fingerprint density at radius 1 is 1.10 bits per heavy atom. The zero-order chi connectivity index (χ0) is 22.1. The standard InChI is InChI=1S/C16H25N5O8/c17-8(3-4-12(23)24)16(29)21-5-1-2-10(21)15(28)20-9(6-11(18)22)14(27)19-7-13(25)26/h8-10H,1-7,17H2,(H2,18,22)(H,19,27)(H,20,28)(H,23,24)(H,25,26). The molecule has 0 aliphatic carbocycles. The fourth-order valence-corrected chi connectivity index (χ4v) is 2.88. The third kappa shape index (κ3) is 7.73.